The molecule has 0 amide bonds. The summed E-state index contributed by atoms with van der Waals surface area (Å²) in [6.45, 7) is 5.62. The lowest BCUT2D eigenvalue weighted by molar-refractivity contribution is 0.340. The first-order valence-electron chi connectivity index (χ1n) is 8.99. The molecule has 0 spiro atoms. The fourth-order valence-corrected chi connectivity index (χ4v) is 3.21. The maximum Gasteiger partial charge on any atom is 0.165 e. The number of aromatic nitrogens is 2. The number of aryl methyl sites for hydroxylation is 1. The molecule has 0 fully saturated rings. The molecule has 0 radical (unpaired) electrons. The van der Waals surface area contributed by atoms with Crippen molar-refractivity contribution in [2.45, 2.75) is 0 Å². The van der Waals surface area contributed by atoms with Crippen LogP contribution < -0.4 is 4.74 Å². The van der Waals surface area contributed by atoms with Gasteiger partial charge in [-0.1, -0.05) is 46.3 Å². The Morgan fingerprint density at radius 2 is 1.93 bits per heavy atom. The molecule has 1 aromatic heterocycles. The third kappa shape index (κ3) is 5.69. The lowest BCUT2D eigenvalue weighted by Gasteiger charge is -2.10. The average molecular weight is 481 g/mol. The van der Waals surface area contributed by atoms with E-state index in [0.29, 0.717) is 6.61 Å². The minimum atomic E-state index is -0.393. The van der Waals surface area contributed by atoms with Crippen LogP contribution in [0.2, 0.25) is 0 Å². The Kier molecular flexibility index (Phi) is 8.44. The van der Waals surface area contributed by atoms with E-state index >= 15 is 0 Å². The van der Waals surface area contributed by atoms with Gasteiger partial charge in [-0.3, -0.25) is 9.58 Å². The SMILES string of the molecule is C=CCN(C)C/C=C/COc1cc2c(cc1F)c(-c1ccc(Br)cc1)nn2C.Cl. The Bertz CT molecular complexity index is 1000. The highest BCUT2D eigenvalue weighted by Gasteiger charge is 2.15. The second-order valence-electron chi connectivity index (χ2n) is 6.57. The molecule has 0 bridgehead atoms. The van der Waals surface area contributed by atoms with E-state index in [1.54, 1.807) is 10.7 Å². The summed E-state index contributed by atoms with van der Waals surface area (Å²) in [6, 6.07) is 11.0. The first-order valence-corrected chi connectivity index (χ1v) is 9.78. The molecule has 3 rings (SSSR count). The van der Waals surface area contributed by atoms with Crippen LogP contribution in [0.15, 0.2) is 65.7 Å². The second kappa shape index (κ2) is 10.6. The second-order valence-corrected chi connectivity index (χ2v) is 7.49. The van der Waals surface area contributed by atoms with E-state index in [-0.39, 0.29) is 18.2 Å². The van der Waals surface area contributed by atoms with Crippen LogP contribution in [0.4, 0.5) is 4.39 Å². The summed E-state index contributed by atoms with van der Waals surface area (Å²) in [7, 11) is 3.85. The molecule has 4 nitrogen and oxygen atoms in total. The van der Waals surface area contributed by atoms with Crippen LogP contribution in [0.25, 0.3) is 22.2 Å². The molecule has 0 aliphatic heterocycles. The van der Waals surface area contributed by atoms with Gasteiger partial charge in [0.2, 0.25) is 0 Å². The summed E-state index contributed by atoms with van der Waals surface area (Å²) in [5.74, 6) is -0.169. The molecule has 29 heavy (non-hydrogen) atoms. The zero-order valence-electron chi connectivity index (χ0n) is 16.4. The van der Waals surface area contributed by atoms with Crippen LogP contribution >= 0.6 is 28.3 Å². The smallest absolute Gasteiger partial charge is 0.165 e. The van der Waals surface area contributed by atoms with Crippen LogP contribution in [0.5, 0.6) is 5.75 Å². The Morgan fingerprint density at radius 1 is 1.21 bits per heavy atom. The van der Waals surface area contributed by atoms with Gasteiger partial charge in [0.05, 0.1) is 5.52 Å². The Morgan fingerprint density at radius 3 is 2.62 bits per heavy atom. The zero-order chi connectivity index (χ0) is 20.1. The van der Waals surface area contributed by atoms with Gasteiger partial charge in [0, 0.05) is 41.6 Å². The molecule has 1 heterocycles. The van der Waals surface area contributed by atoms with E-state index in [1.807, 2.05) is 56.6 Å². The lowest BCUT2D eigenvalue weighted by atomic mass is 10.1. The molecule has 154 valence electrons. The molecular formula is C22H24BrClFN3O. The number of hydrogen-bond acceptors (Lipinski definition) is 3. The predicted octanol–water partition coefficient (Wildman–Crippen LogP) is 5.62. The third-order valence-electron chi connectivity index (χ3n) is 4.38. The molecule has 7 heteroatoms. The van der Waals surface area contributed by atoms with Crippen LogP contribution in [0.1, 0.15) is 0 Å². The maximum atomic E-state index is 14.6. The predicted molar refractivity (Wildman–Crippen MR) is 123 cm³/mol. The Labute approximate surface area is 185 Å². The van der Waals surface area contributed by atoms with E-state index in [0.717, 1.165) is 39.7 Å². The maximum absolute atomic E-state index is 14.6. The van der Waals surface area contributed by atoms with Crippen LogP contribution in [-0.2, 0) is 7.05 Å². The molecule has 0 saturated heterocycles. The van der Waals surface area contributed by atoms with E-state index in [1.165, 1.54) is 6.07 Å². The van der Waals surface area contributed by atoms with Gasteiger partial charge in [0.15, 0.2) is 11.6 Å². The third-order valence-corrected chi connectivity index (χ3v) is 4.91. The number of ether oxygens (including phenoxy) is 1. The van der Waals surface area contributed by atoms with Gasteiger partial charge in [-0.25, -0.2) is 4.39 Å². The molecular weight excluding hydrogens is 457 g/mol. The number of benzene rings is 2. The summed E-state index contributed by atoms with van der Waals surface area (Å²) in [5, 5.41) is 5.33. The number of hydrogen-bond donors (Lipinski definition) is 0. The van der Waals surface area contributed by atoms with Gasteiger partial charge in [-0.2, -0.15) is 5.10 Å². The average Bonchev–Trinajstić information content (AvgIpc) is 2.98. The first kappa shape index (κ1) is 23.1. The highest BCUT2D eigenvalue weighted by atomic mass is 79.9. The standard InChI is InChI=1S/C22H23BrFN3O.ClH/c1-4-11-26(2)12-5-6-13-28-21-15-20-18(14-19(21)24)22(25-27(20)3)16-7-9-17(23)10-8-16;/h4-10,14-15H,1,11-13H2,2-3H3;1H/b6-5+;. The van der Waals surface area contributed by atoms with E-state index in [9.17, 15) is 4.39 Å². The van der Waals surface area contributed by atoms with E-state index in [2.05, 4.69) is 32.5 Å². The highest BCUT2D eigenvalue weighted by molar-refractivity contribution is 9.10. The van der Waals surface area contributed by atoms with Crippen LogP contribution in [0, 0.1) is 5.82 Å². The molecule has 0 saturated carbocycles. The molecule has 0 N–H and O–H groups in total. The summed E-state index contributed by atoms with van der Waals surface area (Å²) < 4.78 is 23.0. The van der Waals surface area contributed by atoms with Crippen molar-refractivity contribution < 1.29 is 9.13 Å². The molecule has 0 aliphatic rings. The largest absolute Gasteiger partial charge is 0.486 e. The van der Waals surface area contributed by atoms with Gasteiger partial charge >= 0.3 is 0 Å². The van der Waals surface area contributed by atoms with Gasteiger partial charge < -0.3 is 4.74 Å². The normalized spacial score (nSPS) is 11.2. The Hall–Kier alpha value is -2.15. The van der Waals surface area contributed by atoms with Crippen molar-refractivity contribution >= 4 is 39.2 Å². The molecule has 0 atom stereocenters. The Balaban J connectivity index is 0.00000300. The molecule has 2 aromatic carbocycles. The zero-order valence-corrected chi connectivity index (χ0v) is 18.8. The number of nitrogens with zero attached hydrogens (tertiary/aromatic N) is 3. The number of rotatable bonds is 8. The van der Waals surface area contributed by atoms with E-state index < -0.39 is 5.82 Å². The first-order chi connectivity index (χ1) is 13.5. The van der Waals surface area contributed by atoms with Crippen molar-refractivity contribution in [3.05, 3.63) is 71.5 Å². The summed E-state index contributed by atoms with van der Waals surface area (Å²) >= 11 is 3.43. The van der Waals surface area contributed by atoms with Crippen molar-refractivity contribution in [3.63, 3.8) is 0 Å². The molecule has 3 aromatic rings. The van der Waals surface area contributed by atoms with Crippen LogP contribution in [-0.4, -0.2) is 41.4 Å². The topological polar surface area (TPSA) is 30.3 Å². The van der Waals surface area contributed by atoms with Crippen molar-refractivity contribution in [1.29, 1.82) is 0 Å². The van der Waals surface area contributed by atoms with E-state index in [4.69, 9.17) is 4.74 Å². The summed E-state index contributed by atoms with van der Waals surface area (Å²) in [6.07, 6.45) is 5.74. The molecule has 0 aliphatic carbocycles. The van der Waals surface area contributed by atoms with Gasteiger partial charge in [-0.05, 0) is 25.2 Å². The van der Waals surface area contributed by atoms with Crippen LogP contribution in [0.3, 0.4) is 0 Å². The summed E-state index contributed by atoms with van der Waals surface area (Å²) in [4.78, 5) is 2.11. The van der Waals surface area contributed by atoms with Crippen molar-refractivity contribution in [1.82, 2.24) is 14.7 Å². The number of likely N-dealkylation sites (N-methyl/N-ethyl adjacent to an activating group) is 1. The fourth-order valence-electron chi connectivity index (χ4n) is 2.94. The highest BCUT2D eigenvalue weighted by Crippen LogP contribution is 2.32. The van der Waals surface area contributed by atoms with Gasteiger partial charge in [-0.15, -0.1) is 19.0 Å². The number of fused-ring (bicyclic) bond motifs is 1. The number of halogens is 3. The quantitative estimate of drug-likeness (QED) is 0.392. The minimum Gasteiger partial charge on any atom is -0.486 e. The van der Waals surface area contributed by atoms with Crippen molar-refractivity contribution in [3.8, 4) is 17.0 Å². The monoisotopic (exact) mass is 479 g/mol. The lowest BCUT2D eigenvalue weighted by Crippen LogP contribution is -2.17. The van der Waals surface area contributed by atoms with Crippen molar-refractivity contribution in [2.75, 3.05) is 26.7 Å². The van der Waals surface area contributed by atoms with Gasteiger partial charge in [0.25, 0.3) is 0 Å². The van der Waals surface area contributed by atoms with Gasteiger partial charge in [0.1, 0.15) is 12.3 Å². The molecule has 0 unspecified atom stereocenters. The minimum absolute atomic E-state index is 0. The summed E-state index contributed by atoms with van der Waals surface area (Å²) in [5.41, 5.74) is 2.51. The van der Waals surface area contributed by atoms with Crippen molar-refractivity contribution in [2.24, 2.45) is 7.05 Å². The fraction of sp³-hybridized carbons (Fsp3) is 0.227.